The van der Waals surface area contributed by atoms with E-state index >= 15 is 0 Å². The molecule has 1 aromatic heterocycles. The molecule has 0 aliphatic heterocycles. The Labute approximate surface area is 118 Å². The van der Waals surface area contributed by atoms with Crippen LogP contribution in [0.4, 0.5) is 5.69 Å². The van der Waals surface area contributed by atoms with Crippen LogP contribution < -0.4 is 10.1 Å². The zero-order valence-corrected chi connectivity index (χ0v) is 11.6. The third-order valence-corrected chi connectivity index (χ3v) is 3.39. The lowest BCUT2D eigenvalue weighted by Gasteiger charge is -2.11. The highest BCUT2D eigenvalue weighted by molar-refractivity contribution is 5.81. The van der Waals surface area contributed by atoms with Crippen molar-refractivity contribution in [2.24, 2.45) is 0 Å². The van der Waals surface area contributed by atoms with Gasteiger partial charge >= 0.3 is 0 Å². The Hall–Kier alpha value is -2.42. The summed E-state index contributed by atoms with van der Waals surface area (Å²) < 4.78 is 10.9. The second kappa shape index (κ2) is 5.29. The first-order valence-electron chi connectivity index (χ1n) is 6.61. The Bertz CT molecular complexity index is 731. The number of furan rings is 1. The van der Waals surface area contributed by atoms with Crippen molar-refractivity contribution in [3.05, 3.63) is 59.9 Å². The van der Waals surface area contributed by atoms with Gasteiger partial charge in [0.2, 0.25) is 0 Å². The number of benzene rings is 2. The molecule has 3 aromatic rings. The molecule has 0 saturated heterocycles. The number of hydrogen-bond acceptors (Lipinski definition) is 3. The Morgan fingerprint density at radius 2 is 2.00 bits per heavy atom. The molecule has 3 rings (SSSR count). The van der Waals surface area contributed by atoms with E-state index in [-0.39, 0.29) is 0 Å². The van der Waals surface area contributed by atoms with Crippen LogP contribution in [-0.2, 0) is 6.54 Å². The predicted molar refractivity (Wildman–Crippen MR) is 81.3 cm³/mol. The fourth-order valence-corrected chi connectivity index (χ4v) is 2.32. The minimum atomic E-state index is 0.705. The van der Waals surface area contributed by atoms with Gasteiger partial charge in [0.25, 0.3) is 0 Å². The molecule has 0 bridgehead atoms. The fraction of sp³-hybridized carbons (Fsp3) is 0.176. The van der Waals surface area contributed by atoms with E-state index in [2.05, 4.69) is 24.4 Å². The second-order valence-corrected chi connectivity index (χ2v) is 4.81. The summed E-state index contributed by atoms with van der Waals surface area (Å²) in [5, 5.41) is 4.56. The quantitative estimate of drug-likeness (QED) is 0.762. The molecular formula is C17H17NO2. The summed E-state index contributed by atoms with van der Waals surface area (Å²) in [6, 6.07) is 14.2. The largest absolute Gasteiger partial charge is 0.495 e. The van der Waals surface area contributed by atoms with Gasteiger partial charge in [-0.05, 0) is 30.7 Å². The van der Waals surface area contributed by atoms with Crippen molar-refractivity contribution in [3.63, 3.8) is 0 Å². The zero-order valence-electron chi connectivity index (χ0n) is 11.6. The summed E-state index contributed by atoms with van der Waals surface area (Å²) in [4.78, 5) is 0. The van der Waals surface area contributed by atoms with Crippen LogP contribution >= 0.6 is 0 Å². The Kier molecular flexibility index (Phi) is 3.33. The lowest BCUT2D eigenvalue weighted by molar-refractivity contribution is 0.416. The molecule has 20 heavy (non-hydrogen) atoms. The van der Waals surface area contributed by atoms with Crippen LogP contribution in [0.3, 0.4) is 0 Å². The van der Waals surface area contributed by atoms with E-state index in [0.29, 0.717) is 6.54 Å². The number of hydrogen-bond donors (Lipinski definition) is 1. The first-order valence-corrected chi connectivity index (χ1v) is 6.61. The van der Waals surface area contributed by atoms with Gasteiger partial charge in [-0.1, -0.05) is 24.3 Å². The van der Waals surface area contributed by atoms with Gasteiger partial charge in [-0.2, -0.15) is 0 Å². The van der Waals surface area contributed by atoms with Crippen LogP contribution in [0.15, 0.2) is 53.1 Å². The van der Waals surface area contributed by atoms with Gasteiger partial charge in [0.05, 0.1) is 19.1 Å². The Morgan fingerprint density at radius 3 is 2.85 bits per heavy atom. The van der Waals surface area contributed by atoms with Crippen molar-refractivity contribution < 1.29 is 9.15 Å². The minimum absolute atomic E-state index is 0.705. The van der Waals surface area contributed by atoms with Crippen molar-refractivity contribution in [3.8, 4) is 5.75 Å². The molecule has 2 aromatic carbocycles. The lowest BCUT2D eigenvalue weighted by Crippen LogP contribution is -2.01. The maximum absolute atomic E-state index is 5.55. The monoisotopic (exact) mass is 267 g/mol. The predicted octanol–water partition coefficient (Wildman–Crippen LogP) is 4.36. The molecule has 0 aliphatic rings. The maximum Gasteiger partial charge on any atom is 0.141 e. The summed E-state index contributed by atoms with van der Waals surface area (Å²) in [7, 11) is 1.68. The number of methoxy groups -OCH3 is 1. The molecule has 0 spiro atoms. The number of rotatable bonds is 4. The normalized spacial score (nSPS) is 10.7. The number of ether oxygens (including phenoxy) is 1. The lowest BCUT2D eigenvalue weighted by atomic mass is 10.1. The van der Waals surface area contributed by atoms with Crippen molar-refractivity contribution in [2.75, 3.05) is 12.4 Å². The average molecular weight is 267 g/mol. The smallest absolute Gasteiger partial charge is 0.141 e. The van der Waals surface area contributed by atoms with Crippen molar-refractivity contribution in [2.45, 2.75) is 13.5 Å². The Balaban J connectivity index is 1.84. The van der Waals surface area contributed by atoms with Crippen LogP contribution in [-0.4, -0.2) is 7.11 Å². The fourth-order valence-electron chi connectivity index (χ4n) is 2.32. The van der Waals surface area contributed by atoms with E-state index < -0.39 is 0 Å². The zero-order chi connectivity index (χ0) is 13.9. The molecule has 1 heterocycles. The first kappa shape index (κ1) is 12.6. The summed E-state index contributed by atoms with van der Waals surface area (Å²) in [5.74, 6) is 0.850. The molecule has 0 amide bonds. The number of aryl methyl sites for hydroxylation is 1. The number of anilines is 1. The third-order valence-electron chi connectivity index (χ3n) is 3.39. The van der Waals surface area contributed by atoms with Gasteiger partial charge in [0.1, 0.15) is 11.3 Å². The molecule has 0 atom stereocenters. The van der Waals surface area contributed by atoms with Crippen LogP contribution in [0.2, 0.25) is 0 Å². The topological polar surface area (TPSA) is 34.4 Å². The molecule has 3 nitrogen and oxygen atoms in total. The molecule has 102 valence electrons. The highest BCUT2D eigenvalue weighted by atomic mass is 16.5. The Morgan fingerprint density at radius 1 is 1.15 bits per heavy atom. The summed E-state index contributed by atoms with van der Waals surface area (Å²) in [6.45, 7) is 2.77. The summed E-state index contributed by atoms with van der Waals surface area (Å²) in [6.07, 6.45) is 1.81. The van der Waals surface area contributed by atoms with E-state index in [1.54, 1.807) is 13.4 Å². The number of fused-ring (bicyclic) bond motifs is 1. The van der Waals surface area contributed by atoms with Gasteiger partial charge in [0.15, 0.2) is 0 Å². The van der Waals surface area contributed by atoms with Crippen molar-refractivity contribution in [1.29, 1.82) is 0 Å². The van der Waals surface area contributed by atoms with Crippen LogP contribution in [0, 0.1) is 6.92 Å². The second-order valence-electron chi connectivity index (χ2n) is 4.81. The molecule has 1 N–H and O–H groups in total. The van der Waals surface area contributed by atoms with Crippen molar-refractivity contribution >= 4 is 16.7 Å². The molecular weight excluding hydrogens is 250 g/mol. The molecule has 0 fully saturated rings. The van der Waals surface area contributed by atoms with Crippen LogP contribution in [0.25, 0.3) is 11.0 Å². The maximum atomic E-state index is 5.55. The molecule has 0 saturated carbocycles. The average Bonchev–Trinajstić information content (AvgIpc) is 2.88. The standard InChI is InChI=1S/C17H17NO2/c1-12-7-8-17(19-2)15(9-12)18-10-13-11-20-16-6-4-3-5-14(13)16/h3-9,11,18H,10H2,1-2H3. The van der Waals surface area contributed by atoms with Gasteiger partial charge < -0.3 is 14.5 Å². The van der Waals surface area contributed by atoms with Crippen LogP contribution in [0.5, 0.6) is 5.75 Å². The van der Waals surface area contributed by atoms with E-state index in [1.807, 2.05) is 30.3 Å². The first-order chi connectivity index (χ1) is 9.78. The van der Waals surface area contributed by atoms with E-state index in [9.17, 15) is 0 Å². The highest BCUT2D eigenvalue weighted by Crippen LogP contribution is 2.27. The molecule has 3 heteroatoms. The highest BCUT2D eigenvalue weighted by Gasteiger charge is 2.07. The molecule has 0 aliphatic carbocycles. The molecule has 0 radical (unpaired) electrons. The summed E-state index contributed by atoms with van der Waals surface area (Å²) in [5.41, 5.74) is 4.26. The van der Waals surface area contributed by atoms with E-state index in [1.165, 1.54) is 5.56 Å². The minimum Gasteiger partial charge on any atom is -0.495 e. The number of nitrogens with one attached hydrogen (secondary N) is 1. The van der Waals surface area contributed by atoms with Gasteiger partial charge in [0, 0.05) is 17.5 Å². The SMILES string of the molecule is COc1ccc(C)cc1NCc1coc2ccccc12. The third kappa shape index (κ3) is 2.35. The van der Waals surface area contributed by atoms with Gasteiger partial charge in [-0.25, -0.2) is 0 Å². The van der Waals surface area contributed by atoms with Gasteiger partial charge in [-0.15, -0.1) is 0 Å². The van der Waals surface area contributed by atoms with Crippen molar-refractivity contribution in [1.82, 2.24) is 0 Å². The van der Waals surface area contributed by atoms with E-state index in [0.717, 1.165) is 28.0 Å². The van der Waals surface area contributed by atoms with Crippen LogP contribution in [0.1, 0.15) is 11.1 Å². The van der Waals surface area contributed by atoms with E-state index in [4.69, 9.17) is 9.15 Å². The van der Waals surface area contributed by atoms with Gasteiger partial charge in [-0.3, -0.25) is 0 Å². The number of para-hydroxylation sites is 1. The molecule has 0 unspecified atom stereocenters. The summed E-state index contributed by atoms with van der Waals surface area (Å²) >= 11 is 0.